The summed E-state index contributed by atoms with van der Waals surface area (Å²) in [5.74, 6) is -0.0152. The molecule has 0 aliphatic carbocycles. The molecule has 2 rings (SSSR count). The summed E-state index contributed by atoms with van der Waals surface area (Å²) in [5, 5.41) is 0.489. The third kappa shape index (κ3) is 2.84. The van der Waals surface area contributed by atoms with Crippen LogP contribution in [0, 0.1) is 0 Å². The number of nitrogens with zero attached hydrogens (tertiary/aromatic N) is 2. The van der Waals surface area contributed by atoms with Gasteiger partial charge in [0.05, 0.1) is 17.9 Å². The van der Waals surface area contributed by atoms with E-state index in [2.05, 4.69) is 4.98 Å². The summed E-state index contributed by atoms with van der Waals surface area (Å²) in [7, 11) is 0. The second kappa shape index (κ2) is 5.68. The van der Waals surface area contributed by atoms with Crippen LogP contribution < -0.4 is 0 Å². The largest absolute Gasteiger partial charge is 0.330 e. The monoisotopic (exact) mass is 256 g/mol. The molecule has 5 heteroatoms. The number of imidazole rings is 1. The van der Waals surface area contributed by atoms with Crippen molar-refractivity contribution >= 4 is 29.8 Å². The number of aromatic nitrogens is 2. The first-order chi connectivity index (χ1) is 7.27. The van der Waals surface area contributed by atoms with E-state index in [4.69, 9.17) is 11.6 Å². The molecule has 0 fully saturated rings. The molecule has 0 amide bonds. The highest BCUT2D eigenvalue weighted by molar-refractivity contribution is 6.33. The molecule has 0 N–H and O–H groups in total. The number of benzene rings is 1. The van der Waals surface area contributed by atoms with Crippen molar-refractivity contribution in [1.29, 1.82) is 0 Å². The highest BCUT2D eigenvalue weighted by atomic mass is 35.5. The van der Waals surface area contributed by atoms with Crippen molar-refractivity contribution in [3.05, 3.63) is 53.6 Å². The Morgan fingerprint density at radius 2 is 2.12 bits per heavy atom. The number of Topliss-reactive ketones (excluding diaryl/α,β-unsaturated/α-hetero) is 1. The number of hydrogen-bond acceptors (Lipinski definition) is 2. The number of rotatable bonds is 3. The average Bonchev–Trinajstić information content (AvgIpc) is 2.71. The topological polar surface area (TPSA) is 34.9 Å². The molecule has 0 spiro atoms. The summed E-state index contributed by atoms with van der Waals surface area (Å²) < 4.78 is 1.71. The van der Waals surface area contributed by atoms with Gasteiger partial charge in [-0.25, -0.2) is 4.98 Å². The van der Waals surface area contributed by atoms with E-state index in [9.17, 15) is 4.79 Å². The summed E-state index contributed by atoms with van der Waals surface area (Å²) in [6.07, 6.45) is 4.99. The van der Waals surface area contributed by atoms with E-state index in [-0.39, 0.29) is 24.7 Å². The Labute approximate surface area is 104 Å². The molecular formula is C11H10Cl2N2O. The second-order valence-corrected chi connectivity index (χ2v) is 3.55. The van der Waals surface area contributed by atoms with Gasteiger partial charge in [-0.05, 0) is 12.1 Å². The predicted molar refractivity (Wildman–Crippen MR) is 65.3 cm³/mol. The maximum Gasteiger partial charge on any atom is 0.184 e. The normalized spacial score (nSPS) is 9.56. The van der Waals surface area contributed by atoms with Crippen molar-refractivity contribution in [3.8, 4) is 0 Å². The van der Waals surface area contributed by atoms with Gasteiger partial charge in [-0.2, -0.15) is 0 Å². The lowest BCUT2D eigenvalue weighted by Crippen LogP contribution is -2.09. The van der Waals surface area contributed by atoms with Gasteiger partial charge < -0.3 is 4.57 Å². The zero-order valence-electron chi connectivity index (χ0n) is 8.34. The van der Waals surface area contributed by atoms with Gasteiger partial charge in [0.25, 0.3) is 0 Å². The van der Waals surface area contributed by atoms with Crippen molar-refractivity contribution in [3.63, 3.8) is 0 Å². The predicted octanol–water partition coefficient (Wildman–Crippen LogP) is 2.84. The first kappa shape index (κ1) is 12.7. The molecule has 16 heavy (non-hydrogen) atoms. The molecule has 1 heterocycles. The van der Waals surface area contributed by atoms with Crippen LogP contribution in [0.15, 0.2) is 43.0 Å². The van der Waals surface area contributed by atoms with Gasteiger partial charge in [-0.1, -0.05) is 23.7 Å². The fourth-order valence-corrected chi connectivity index (χ4v) is 1.56. The van der Waals surface area contributed by atoms with Crippen molar-refractivity contribution < 1.29 is 4.79 Å². The smallest absolute Gasteiger partial charge is 0.184 e. The van der Waals surface area contributed by atoms with Gasteiger partial charge in [-0.15, -0.1) is 12.4 Å². The van der Waals surface area contributed by atoms with E-state index >= 15 is 0 Å². The summed E-state index contributed by atoms with van der Waals surface area (Å²) in [6, 6.07) is 7.04. The molecule has 2 aromatic rings. The quantitative estimate of drug-likeness (QED) is 0.792. The molecule has 0 radical (unpaired) electrons. The highest BCUT2D eigenvalue weighted by Crippen LogP contribution is 2.15. The zero-order chi connectivity index (χ0) is 10.7. The van der Waals surface area contributed by atoms with Crippen molar-refractivity contribution in [2.24, 2.45) is 0 Å². The van der Waals surface area contributed by atoms with Crippen molar-refractivity contribution in [1.82, 2.24) is 9.55 Å². The van der Waals surface area contributed by atoms with Crippen LogP contribution in [0.4, 0.5) is 0 Å². The molecule has 0 bridgehead atoms. The molecule has 84 valence electrons. The number of hydrogen-bond donors (Lipinski definition) is 0. The number of ketones is 1. The average molecular weight is 257 g/mol. The minimum Gasteiger partial charge on any atom is -0.330 e. The van der Waals surface area contributed by atoms with Crippen molar-refractivity contribution in [2.75, 3.05) is 0 Å². The first-order valence-corrected chi connectivity index (χ1v) is 4.88. The molecule has 1 aromatic heterocycles. The fraction of sp³-hybridized carbons (Fsp3) is 0.0909. The maximum atomic E-state index is 11.8. The summed E-state index contributed by atoms with van der Waals surface area (Å²) >= 11 is 5.91. The lowest BCUT2D eigenvalue weighted by atomic mass is 10.1. The molecule has 0 saturated heterocycles. The molecule has 0 aliphatic heterocycles. The highest BCUT2D eigenvalue weighted by Gasteiger charge is 2.09. The minimum absolute atomic E-state index is 0. The van der Waals surface area contributed by atoms with Gasteiger partial charge in [0.2, 0.25) is 0 Å². The van der Waals surface area contributed by atoms with Gasteiger partial charge in [0.1, 0.15) is 0 Å². The van der Waals surface area contributed by atoms with Gasteiger partial charge in [-0.3, -0.25) is 4.79 Å². The van der Waals surface area contributed by atoms with Crippen LogP contribution in [0.5, 0.6) is 0 Å². The van der Waals surface area contributed by atoms with E-state index in [1.807, 2.05) is 0 Å². The lowest BCUT2D eigenvalue weighted by Gasteiger charge is -2.03. The first-order valence-electron chi connectivity index (χ1n) is 4.51. The standard InChI is InChI=1S/C11H9ClN2O.ClH/c12-10-4-2-1-3-9(10)11(15)7-14-6-5-13-8-14;/h1-6,8H,7H2;1H. The molecule has 0 aliphatic rings. The van der Waals surface area contributed by atoms with Crippen LogP contribution in [-0.2, 0) is 6.54 Å². The van der Waals surface area contributed by atoms with Crippen LogP contribution in [0.3, 0.4) is 0 Å². The minimum atomic E-state index is -0.0152. The molecule has 0 atom stereocenters. The Bertz CT molecular complexity index is 469. The van der Waals surface area contributed by atoms with Gasteiger partial charge in [0.15, 0.2) is 5.78 Å². The van der Waals surface area contributed by atoms with Crippen LogP contribution in [0.2, 0.25) is 5.02 Å². The SMILES string of the molecule is Cl.O=C(Cn1ccnc1)c1ccccc1Cl. The van der Waals surface area contributed by atoms with E-state index in [0.29, 0.717) is 10.6 Å². The van der Waals surface area contributed by atoms with Gasteiger partial charge >= 0.3 is 0 Å². The number of halogens is 2. The Kier molecular flexibility index (Phi) is 4.52. The van der Waals surface area contributed by atoms with E-state index in [0.717, 1.165) is 0 Å². The van der Waals surface area contributed by atoms with E-state index in [1.54, 1.807) is 47.6 Å². The molecule has 1 aromatic carbocycles. The Morgan fingerprint density at radius 1 is 1.38 bits per heavy atom. The van der Waals surface area contributed by atoms with Crippen LogP contribution in [-0.4, -0.2) is 15.3 Å². The third-order valence-electron chi connectivity index (χ3n) is 2.06. The van der Waals surface area contributed by atoms with E-state index in [1.165, 1.54) is 0 Å². The molecule has 0 saturated carbocycles. The third-order valence-corrected chi connectivity index (χ3v) is 2.39. The van der Waals surface area contributed by atoms with Crippen LogP contribution in [0.1, 0.15) is 10.4 Å². The van der Waals surface area contributed by atoms with Crippen LogP contribution in [0.25, 0.3) is 0 Å². The Hall–Kier alpha value is -1.32. The zero-order valence-corrected chi connectivity index (χ0v) is 9.91. The van der Waals surface area contributed by atoms with Crippen LogP contribution >= 0.6 is 24.0 Å². The molecule has 0 unspecified atom stereocenters. The van der Waals surface area contributed by atoms with Crippen molar-refractivity contribution in [2.45, 2.75) is 6.54 Å². The molecular weight excluding hydrogens is 247 g/mol. The summed E-state index contributed by atoms with van der Waals surface area (Å²) in [5.41, 5.74) is 0.549. The fourth-order valence-electron chi connectivity index (χ4n) is 1.32. The lowest BCUT2D eigenvalue weighted by molar-refractivity contribution is 0.0972. The number of carbonyl (C=O) groups excluding carboxylic acids is 1. The number of carbonyl (C=O) groups is 1. The maximum absolute atomic E-state index is 11.8. The second-order valence-electron chi connectivity index (χ2n) is 3.14. The Morgan fingerprint density at radius 3 is 2.75 bits per heavy atom. The Balaban J connectivity index is 0.00000128. The summed E-state index contributed by atoms with van der Waals surface area (Å²) in [4.78, 5) is 15.7. The van der Waals surface area contributed by atoms with Gasteiger partial charge in [0, 0.05) is 18.0 Å². The summed E-state index contributed by atoms with van der Waals surface area (Å²) in [6.45, 7) is 0.268. The molecule has 3 nitrogen and oxygen atoms in total. The van der Waals surface area contributed by atoms with E-state index < -0.39 is 0 Å².